The minimum absolute atomic E-state index is 0.212. The lowest BCUT2D eigenvalue weighted by Crippen LogP contribution is -2.59. The van der Waals surface area contributed by atoms with Crippen molar-refractivity contribution in [1.29, 1.82) is 0 Å². The van der Waals surface area contributed by atoms with Crippen LogP contribution in [-0.4, -0.2) is 34.0 Å². The fourth-order valence-corrected chi connectivity index (χ4v) is 2.17. The van der Waals surface area contributed by atoms with Gasteiger partial charge in [0.25, 0.3) is 11.8 Å². The van der Waals surface area contributed by atoms with Crippen molar-refractivity contribution in [2.45, 2.75) is 25.3 Å². The lowest BCUT2D eigenvalue weighted by Gasteiger charge is -2.38. The molecule has 0 bridgehead atoms. The fraction of sp³-hybridized carbons (Fsp3) is 0.556. The first-order valence-electron chi connectivity index (χ1n) is 4.79. The van der Waals surface area contributed by atoms with Crippen molar-refractivity contribution in [2.75, 3.05) is 6.54 Å². The van der Waals surface area contributed by atoms with E-state index < -0.39 is 17.4 Å². The maximum absolute atomic E-state index is 11.5. The molecule has 2 heterocycles. The van der Waals surface area contributed by atoms with Crippen molar-refractivity contribution in [3.05, 3.63) is 11.3 Å². The fourth-order valence-electron chi connectivity index (χ4n) is 2.17. The lowest BCUT2D eigenvalue weighted by molar-refractivity contribution is -0.129. The maximum atomic E-state index is 11.5. The average molecular weight is 211 g/mol. The summed E-state index contributed by atoms with van der Waals surface area (Å²) in [4.78, 5) is 22.5. The van der Waals surface area contributed by atoms with E-state index in [1.807, 2.05) is 0 Å². The summed E-state index contributed by atoms with van der Waals surface area (Å²) in [5.41, 5.74) is 6.60. The van der Waals surface area contributed by atoms with Crippen LogP contribution >= 0.6 is 0 Å². The second kappa shape index (κ2) is 2.96. The molecule has 2 aliphatic heterocycles. The van der Waals surface area contributed by atoms with E-state index in [4.69, 9.17) is 5.73 Å². The molecule has 82 valence electrons. The molecule has 0 spiro atoms. The smallest absolute Gasteiger partial charge is 0.274 e. The third-order valence-corrected chi connectivity index (χ3v) is 3.10. The van der Waals surface area contributed by atoms with Crippen LogP contribution in [0.3, 0.4) is 0 Å². The Bertz CT molecular complexity index is 377. The van der Waals surface area contributed by atoms with Crippen LogP contribution in [0.2, 0.25) is 0 Å². The number of aliphatic hydroxyl groups excluding tert-OH is 1. The van der Waals surface area contributed by atoms with Gasteiger partial charge in [0.2, 0.25) is 0 Å². The zero-order valence-corrected chi connectivity index (χ0v) is 8.41. The van der Waals surface area contributed by atoms with E-state index in [0.717, 1.165) is 6.42 Å². The Morgan fingerprint density at radius 2 is 2.33 bits per heavy atom. The van der Waals surface area contributed by atoms with E-state index >= 15 is 0 Å². The Morgan fingerprint density at radius 1 is 1.67 bits per heavy atom. The number of rotatable bonds is 1. The summed E-state index contributed by atoms with van der Waals surface area (Å²) in [6.45, 7) is 2.44. The van der Waals surface area contributed by atoms with Gasteiger partial charge in [0, 0.05) is 6.54 Å². The third kappa shape index (κ3) is 1.21. The first kappa shape index (κ1) is 9.97. The summed E-state index contributed by atoms with van der Waals surface area (Å²) in [5, 5.41) is 11.6. The molecule has 0 radical (unpaired) electrons. The number of nitrogens with two attached hydrogens (primary N) is 1. The predicted molar refractivity (Wildman–Crippen MR) is 51.3 cm³/mol. The molecule has 2 rings (SSSR count). The van der Waals surface area contributed by atoms with Gasteiger partial charge < -0.3 is 10.8 Å². The Balaban J connectivity index is 2.52. The standard InChI is InChI=1S/C9H13N3O3/c1-9-3-2-4-12(9)11-8(15)5(6(9)13)7(10)14/h13H,2-4H2,1H3,(H2,10,14)(H,11,15). The molecule has 6 heteroatoms. The van der Waals surface area contributed by atoms with Gasteiger partial charge >= 0.3 is 0 Å². The minimum Gasteiger partial charge on any atom is -0.509 e. The number of nitrogens with one attached hydrogen (secondary N) is 1. The van der Waals surface area contributed by atoms with Gasteiger partial charge in [0.15, 0.2) is 0 Å². The zero-order valence-electron chi connectivity index (χ0n) is 8.41. The highest BCUT2D eigenvalue weighted by Gasteiger charge is 2.48. The second-order valence-corrected chi connectivity index (χ2v) is 4.06. The van der Waals surface area contributed by atoms with Gasteiger partial charge in [-0.3, -0.25) is 15.0 Å². The molecular formula is C9H13N3O3. The molecule has 15 heavy (non-hydrogen) atoms. The van der Waals surface area contributed by atoms with Crippen molar-refractivity contribution in [2.24, 2.45) is 5.73 Å². The Kier molecular flexibility index (Phi) is 1.97. The van der Waals surface area contributed by atoms with Gasteiger partial charge in [-0.25, -0.2) is 5.01 Å². The summed E-state index contributed by atoms with van der Waals surface area (Å²) in [5.74, 6) is -1.73. The monoisotopic (exact) mass is 211 g/mol. The molecule has 0 aromatic rings. The SMILES string of the molecule is CC12CCCN1NC(=O)C(C(N)=O)=C2O. The molecule has 2 aliphatic rings. The Labute approximate surface area is 86.7 Å². The molecular weight excluding hydrogens is 198 g/mol. The maximum Gasteiger partial charge on any atom is 0.274 e. The highest BCUT2D eigenvalue weighted by molar-refractivity contribution is 6.18. The van der Waals surface area contributed by atoms with Gasteiger partial charge in [0.05, 0.1) is 5.54 Å². The van der Waals surface area contributed by atoms with Crippen LogP contribution in [0.5, 0.6) is 0 Å². The predicted octanol–water partition coefficient (Wildman–Crippen LogP) is -0.817. The van der Waals surface area contributed by atoms with Crippen LogP contribution in [-0.2, 0) is 9.59 Å². The average Bonchev–Trinajstić information content (AvgIpc) is 2.48. The molecule has 1 saturated heterocycles. The number of fused-ring (bicyclic) bond motifs is 1. The number of aliphatic hydroxyl groups is 1. The lowest BCUT2D eigenvalue weighted by atomic mass is 9.91. The highest BCUT2D eigenvalue weighted by Crippen LogP contribution is 2.36. The molecule has 1 atom stereocenters. The van der Waals surface area contributed by atoms with Crippen LogP contribution in [0.4, 0.5) is 0 Å². The van der Waals surface area contributed by atoms with Crippen LogP contribution in [0, 0.1) is 0 Å². The summed E-state index contributed by atoms with van der Waals surface area (Å²) < 4.78 is 0. The van der Waals surface area contributed by atoms with Crippen molar-refractivity contribution in [3.8, 4) is 0 Å². The summed E-state index contributed by atoms with van der Waals surface area (Å²) in [6, 6.07) is 0. The molecule has 0 aromatic heterocycles. The summed E-state index contributed by atoms with van der Waals surface area (Å²) >= 11 is 0. The van der Waals surface area contributed by atoms with Crippen molar-refractivity contribution < 1.29 is 14.7 Å². The van der Waals surface area contributed by atoms with E-state index in [2.05, 4.69) is 5.43 Å². The number of carbonyl (C=O) groups is 2. The van der Waals surface area contributed by atoms with E-state index in [0.29, 0.717) is 13.0 Å². The number of hydrazine groups is 1. The summed E-state index contributed by atoms with van der Waals surface area (Å²) in [6.07, 6.45) is 1.54. The number of nitrogens with zero attached hydrogens (tertiary/aromatic N) is 1. The normalized spacial score (nSPS) is 31.4. The third-order valence-electron chi connectivity index (χ3n) is 3.10. The molecule has 0 aromatic carbocycles. The van der Waals surface area contributed by atoms with Crippen LogP contribution < -0.4 is 11.2 Å². The minimum atomic E-state index is -0.891. The van der Waals surface area contributed by atoms with Gasteiger partial charge in [-0.15, -0.1) is 0 Å². The van der Waals surface area contributed by atoms with Crippen LogP contribution in [0.15, 0.2) is 11.3 Å². The quantitative estimate of drug-likeness (QED) is 0.494. The van der Waals surface area contributed by atoms with Gasteiger partial charge in [-0.2, -0.15) is 0 Å². The largest absolute Gasteiger partial charge is 0.509 e. The topological polar surface area (TPSA) is 95.7 Å². The highest BCUT2D eigenvalue weighted by atomic mass is 16.3. The Hall–Kier alpha value is -1.56. The van der Waals surface area contributed by atoms with Gasteiger partial charge in [-0.1, -0.05) is 0 Å². The van der Waals surface area contributed by atoms with Crippen molar-refractivity contribution >= 4 is 11.8 Å². The zero-order chi connectivity index (χ0) is 11.2. The first-order chi connectivity index (χ1) is 6.97. The van der Waals surface area contributed by atoms with E-state index in [9.17, 15) is 14.7 Å². The van der Waals surface area contributed by atoms with Crippen molar-refractivity contribution in [3.63, 3.8) is 0 Å². The number of amides is 2. The van der Waals surface area contributed by atoms with Gasteiger partial charge in [-0.05, 0) is 19.8 Å². The van der Waals surface area contributed by atoms with E-state index in [-0.39, 0.29) is 11.3 Å². The van der Waals surface area contributed by atoms with E-state index in [1.54, 1.807) is 11.9 Å². The van der Waals surface area contributed by atoms with Crippen molar-refractivity contribution in [1.82, 2.24) is 10.4 Å². The molecule has 0 saturated carbocycles. The number of carbonyl (C=O) groups excluding carboxylic acids is 2. The number of primary amides is 1. The molecule has 1 unspecified atom stereocenters. The molecule has 4 N–H and O–H groups in total. The molecule has 2 amide bonds. The van der Waals surface area contributed by atoms with Crippen LogP contribution in [0.25, 0.3) is 0 Å². The first-order valence-corrected chi connectivity index (χ1v) is 4.79. The number of hydrogen-bond donors (Lipinski definition) is 3. The van der Waals surface area contributed by atoms with Gasteiger partial charge in [0.1, 0.15) is 11.3 Å². The second-order valence-electron chi connectivity index (χ2n) is 4.06. The molecule has 6 nitrogen and oxygen atoms in total. The van der Waals surface area contributed by atoms with Crippen LogP contribution in [0.1, 0.15) is 19.8 Å². The Morgan fingerprint density at radius 3 is 2.93 bits per heavy atom. The summed E-state index contributed by atoms with van der Waals surface area (Å²) in [7, 11) is 0. The molecule has 1 fully saturated rings. The number of hydrogen-bond acceptors (Lipinski definition) is 4. The molecule has 0 aliphatic carbocycles. The van der Waals surface area contributed by atoms with E-state index in [1.165, 1.54) is 0 Å².